The van der Waals surface area contributed by atoms with E-state index in [0.717, 1.165) is 69.2 Å². The molecule has 56 valence electrons. The fourth-order valence-corrected chi connectivity index (χ4v) is 3.89. The Balaban J connectivity index is 0.000000810. The minimum absolute atomic E-state index is 0. The summed E-state index contributed by atoms with van der Waals surface area (Å²) in [6.07, 6.45) is 7.67. The first kappa shape index (κ1) is 12.5. The maximum atomic E-state index is 2.46. The minimum atomic E-state index is 0. The van der Waals surface area contributed by atoms with Crippen molar-refractivity contribution < 1.29 is 0 Å². The molecule has 0 nitrogen and oxygen atoms in total. The molecular formula is C8H16BrCs. The van der Waals surface area contributed by atoms with E-state index in [1.165, 1.54) is 19.3 Å². The van der Waals surface area contributed by atoms with Crippen LogP contribution in [0, 0.1) is 5.92 Å². The Morgan fingerprint density at radius 1 is 1.20 bits per heavy atom. The molecule has 0 amide bonds. The van der Waals surface area contributed by atoms with E-state index in [4.69, 9.17) is 0 Å². The summed E-state index contributed by atoms with van der Waals surface area (Å²) >= 11 is 0.842. The van der Waals surface area contributed by atoms with Crippen LogP contribution in [0.4, 0.5) is 0 Å². The third-order valence-electron chi connectivity index (χ3n) is 2.59. The second kappa shape index (κ2) is 6.99. The van der Waals surface area contributed by atoms with Gasteiger partial charge in [-0.25, -0.2) is 0 Å². The van der Waals surface area contributed by atoms with Crippen LogP contribution in [-0.4, -0.2) is 65.9 Å². The molecule has 0 saturated heterocycles. The fraction of sp³-hybridized carbons (Fsp3) is 1.00. The number of rotatable bonds is 1. The number of halogens is 1. The average Bonchev–Trinajstić information content (AvgIpc) is 1.90. The molecule has 1 fully saturated rings. The average molecular weight is 325 g/mol. The molecule has 0 N–H and O–H groups in total. The molecule has 1 saturated carbocycles. The monoisotopic (exact) mass is 324 g/mol. The van der Waals surface area contributed by atoms with Crippen LogP contribution in [0.5, 0.6) is 0 Å². The van der Waals surface area contributed by atoms with Crippen molar-refractivity contribution in [3.8, 4) is 0 Å². The first-order valence-electron chi connectivity index (χ1n) is 4.30. The van der Waals surface area contributed by atoms with Crippen LogP contribution in [0.1, 0.15) is 39.0 Å². The van der Waals surface area contributed by atoms with Crippen molar-refractivity contribution in [2.24, 2.45) is 5.92 Å². The van der Waals surface area contributed by atoms with Gasteiger partial charge in [-0.2, -0.15) is 0 Å². The van der Waals surface area contributed by atoms with Crippen LogP contribution in [0.2, 0.25) is -2.66 Å². The van der Waals surface area contributed by atoms with E-state index in [1.54, 1.807) is 12.8 Å². The Morgan fingerprint density at radius 2 is 1.70 bits per heavy atom. The van der Waals surface area contributed by atoms with Crippen molar-refractivity contribution >= 4 is 82.9 Å². The quantitative estimate of drug-likeness (QED) is 0.695. The zero-order valence-corrected chi connectivity index (χ0v) is 15.1. The van der Waals surface area contributed by atoms with Crippen molar-refractivity contribution in [3.05, 3.63) is 0 Å². The van der Waals surface area contributed by atoms with Gasteiger partial charge in [-0.1, -0.05) is 0 Å². The zero-order chi connectivity index (χ0) is 6.69. The molecule has 1 rings (SSSR count). The van der Waals surface area contributed by atoms with Gasteiger partial charge in [0, 0.05) is 0 Å². The van der Waals surface area contributed by atoms with Crippen LogP contribution < -0.4 is 0 Å². The van der Waals surface area contributed by atoms with Gasteiger partial charge in [0.15, 0.2) is 0 Å². The molecule has 1 aliphatic rings. The molecule has 1 unspecified atom stereocenters. The summed E-state index contributed by atoms with van der Waals surface area (Å²) in [5, 5.41) is 0. The van der Waals surface area contributed by atoms with E-state index < -0.39 is 0 Å². The Morgan fingerprint density at radius 3 is 2.00 bits per heavy atom. The second-order valence-electron chi connectivity index (χ2n) is 3.64. The fourth-order valence-electron chi connectivity index (χ4n) is 1.80. The summed E-state index contributed by atoms with van der Waals surface area (Å²) in [5.74, 6) is 1.15. The predicted molar refractivity (Wildman–Crippen MR) is 52.1 cm³/mol. The number of hydrogen-bond acceptors (Lipinski definition) is 0. The van der Waals surface area contributed by atoms with Crippen LogP contribution in [0.3, 0.4) is 0 Å². The SMILES string of the molecule is Br.C[CH]([Cs])C1CCCCC1. The van der Waals surface area contributed by atoms with Crippen molar-refractivity contribution in [2.75, 3.05) is 0 Å². The summed E-state index contributed by atoms with van der Waals surface area (Å²) in [5.41, 5.74) is 0. The summed E-state index contributed by atoms with van der Waals surface area (Å²) < 4.78 is 1.16. The van der Waals surface area contributed by atoms with Gasteiger partial charge in [-0.05, 0) is 0 Å². The molecule has 1 aliphatic carbocycles. The molecule has 0 aromatic carbocycles. The molecule has 0 aliphatic heterocycles. The molecule has 1 atom stereocenters. The molecule has 2 heteroatoms. The van der Waals surface area contributed by atoms with Crippen molar-refractivity contribution in [2.45, 2.75) is 36.4 Å². The summed E-state index contributed by atoms with van der Waals surface area (Å²) in [6.45, 7) is 2.46. The molecular weight excluding hydrogens is 309 g/mol. The van der Waals surface area contributed by atoms with Crippen LogP contribution in [0.25, 0.3) is 0 Å². The van der Waals surface area contributed by atoms with E-state index >= 15 is 0 Å². The summed E-state index contributed by atoms with van der Waals surface area (Å²) in [7, 11) is 0. The van der Waals surface area contributed by atoms with Gasteiger partial charge in [0.25, 0.3) is 0 Å². The zero-order valence-electron chi connectivity index (χ0n) is 7.10. The van der Waals surface area contributed by atoms with Gasteiger partial charge in [0.1, 0.15) is 0 Å². The third-order valence-corrected chi connectivity index (χ3v) is 5.55. The Kier molecular flexibility index (Phi) is 8.75. The van der Waals surface area contributed by atoms with Crippen LogP contribution >= 0.6 is 17.0 Å². The van der Waals surface area contributed by atoms with Crippen molar-refractivity contribution in [1.82, 2.24) is 0 Å². The van der Waals surface area contributed by atoms with Gasteiger partial charge in [0.05, 0.1) is 0 Å². The normalized spacial score (nSPS) is 23.5. The number of hydrogen-bond donors (Lipinski definition) is 0. The predicted octanol–water partition coefficient (Wildman–Crippen LogP) is 3.12. The van der Waals surface area contributed by atoms with E-state index in [1.807, 2.05) is 0 Å². The standard InChI is InChI=1S/C8H15.BrH.Cs/c1-2-8-6-4-3-5-7-8;;/h2,8H,3-7H2,1H3;1H;. The van der Waals surface area contributed by atoms with Gasteiger partial charge < -0.3 is 0 Å². The van der Waals surface area contributed by atoms with Crippen molar-refractivity contribution in [1.29, 1.82) is 0 Å². The first-order chi connectivity index (χ1) is 4.30. The van der Waals surface area contributed by atoms with Crippen molar-refractivity contribution in [3.63, 3.8) is 0 Å². The van der Waals surface area contributed by atoms with Gasteiger partial charge >= 0.3 is 108 Å². The molecule has 0 spiro atoms. The maximum absolute atomic E-state index is 2.46. The van der Waals surface area contributed by atoms with Crippen LogP contribution in [0.15, 0.2) is 0 Å². The molecule has 0 aromatic rings. The summed E-state index contributed by atoms with van der Waals surface area (Å²) in [6, 6.07) is 0. The van der Waals surface area contributed by atoms with Gasteiger partial charge in [-0.15, -0.1) is 17.0 Å². The molecule has 0 aromatic heterocycles. The third kappa shape index (κ3) is 4.53. The van der Waals surface area contributed by atoms with E-state index in [-0.39, 0.29) is 17.0 Å². The van der Waals surface area contributed by atoms with Crippen LogP contribution in [-0.2, 0) is 0 Å². The van der Waals surface area contributed by atoms with Gasteiger partial charge in [0.2, 0.25) is 0 Å². The second-order valence-corrected chi connectivity index (χ2v) is 9.36. The molecule has 10 heavy (non-hydrogen) atoms. The van der Waals surface area contributed by atoms with E-state index in [9.17, 15) is 0 Å². The topological polar surface area (TPSA) is 0 Å². The Hall–Kier alpha value is 2.53. The van der Waals surface area contributed by atoms with Gasteiger partial charge in [-0.3, -0.25) is 0 Å². The first-order valence-corrected chi connectivity index (χ1v) is 7.93. The Labute approximate surface area is 122 Å². The van der Waals surface area contributed by atoms with E-state index in [0.29, 0.717) is 0 Å². The van der Waals surface area contributed by atoms with E-state index in [2.05, 4.69) is 6.92 Å². The molecule has 0 radical (unpaired) electrons. The molecule has 0 heterocycles. The Bertz CT molecular complexity index is 77.3. The molecule has 0 bridgehead atoms. The summed E-state index contributed by atoms with van der Waals surface area (Å²) in [4.78, 5) is 0.